The minimum atomic E-state index is -0.618. The van der Waals surface area contributed by atoms with Crippen LogP contribution in [0.3, 0.4) is 0 Å². The number of methoxy groups -OCH3 is 1. The number of aliphatic imine (C=N–C) groups is 1. The predicted molar refractivity (Wildman–Crippen MR) is 168 cm³/mol. The normalized spacial score (nSPS) is 13.7. The molecule has 3 rings (SSSR count). The van der Waals surface area contributed by atoms with Gasteiger partial charge in [-0.1, -0.05) is 37.4 Å². The number of nitrogens with one attached hydrogen (secondary N) is 2. The number of carbonyl (C=O) groups excluding carboxylic acids is 2. The van der Waals surface area contributed by atoms with Crippen LogP contribution in [0.1, 0.15) is 25.8 Å². The Morgan fingerprint density at radius 1 is 1.19 bits per heavy atom. The average Bonchev–Trinajstić information content (AvgIpc) is 2.97. The maximum Gasteiger partial charge on any atom is 0.252 e. The minimum absolute atomic E-state index is 0.220. The van der Waals surface area contributed by atoms with Gasteiger partial charge in [0.25, 0.3) is 5.91 Å². The molecule has 2 aromatic carbocycles. The second-order valence-electron chi connectivity index (χ2n) is 9.43. The largest absolute Gasteiger partial charge is 0.496 e. The molecule has 226 valence electrons. The highest BCUT2D eigenvalue weighted by Crippen LogP contribution is 2.25. The minimum Gasteiger partial charge on any atom is -0.496 e. The van der Waals surface area contributed by atoms with Crippen molar-refractivity contribution < 1.29 is 23.8 Å². The summed E-state index contributed by atoms with van der Waals surface area (Å²) >= 11 is 0. The van der Waals surface area contributed by atoms with E-state index in [0.717, 1.165) is 69.0 Å². The van der Waals surface area contributed by atoms with Crippen molar-refractivity contribution in [2.45, 2.75) is 27.2 Å². The standard InChI is InChI=1S/C17H20N4O2.C15H23NO3/c1-5-12(16(18)23)17(19-11(3)4)21-14-10-8-7-9-13(14)20-15(22)6-2;1-13-4-5-14(12-15(13)17-2)19-9-3-6-16-7-10-18-11-8-16/h5-10H,2-3H2,1,4H3,(H2,18,23)(H,19,21)(H,20,22);4-5,12H,3,6-11H2,1-2H3/b12-5-;. The van der Waals surface area contributed by atoms with Gasteiger partial charge in [0, 0.05) is 31.4 Å². The van der Waals surface area contributed by atoms with Crippen molar-refractivity contribution >= 4 is 29.0 Å². The Balaban J connectivity index is 0.000000298. The molecule has 1 aliphatic rings. The third-order valence-electron chi connectivity index (χ3n) is 6.09. The molecule has 10 heteroatoms. The molecule has 0 spiro atoms. The highest BCUT2D eigenvalue weighted by atomic mass is 16.5. The first kappa shape index (κ1) is 33.8. The predicted octanol–water partition coefficient (Wildman–Crippen LogP) is 4.50. The van der Waals surface area contributed by atoms with E-state index < -0.39 is 5.91 Å². The number of rotatable bonds is 12. The molecule has 0 aliphatic carbocycles. The third-order valence-corrected chi connectivity index (χ3v) is 6.09. The Morgan fingerprint density at radius 3 is 2.52 bits per heavy atom. The maximum atomic E-state index is 11.6. The molecular formula is C32H43N5O5. The molecule has 1 fully saturated rings. The number of benzene rings is 2. The molecule has 42 heavy (non-hydrogen) atoms. The second-order valence-corrected chi connectivity index (χ2v) is 9.43. The van der Waals surface area contributed by atoms with E-state index in [4.69, 9.17) is 19.9 Å². The van der Waals surface area contributed by atoms with Crippen LogP contribution in [-0.2, 0) is 14.3 Å². The highest BCUT2D eigenvalue weighted by molar-refractivity contribution is 6.21. The van der Waals surface area contributed by atoms with Gasteiger partial charge in [-0.25, -0.2) is 4.99 Å². The lowest BCUT2D eigenvalue weighted by Gasteiger charge is -2.26. The van der Waals surface area contributed by atoms with Gasteiger partial charge < -0.3 is 30.6 Å². The van der Waals surface area contributed by atoms with Crippen molar-refractivity contribution in [3.05, 3.63) is 84.6 Å². The van der Waals surface area contributed by atoms with E-state index in [-0.39, 0.29) is 17.3 Å². The van der Waals surface area contributed by atoms with Crippen LogP contribution in [0.5, 0.6) is 11.5 Å². The number of nitrogens with two attached hydrogens (primary N) is 1. The molecular weight excluding hydrogens is 534 g/mol. The van der Waals surface area contributed by atoms with Gasteiger partial charge in [-0.15, -0.1) is 0 Å². The molecule has 2 aromatic rings. The number of amidine groups is 1. The summed E-state index contributed by atoms with van der Waals surface area (Å²) in [5.74, 6) is 1.04. The molecule has 0 atom stereocenters. The van der Waals surface area contributed by atoms with Crippen molar-refractivity contribution in [1.29, 1.82) is 0 Å². The first-order chi connectivity index (χ1) is 20.2. The van der Waals surface area contributed by atoms with Crippen molar-refractivity contribution in [3.8, 4) is 11.5 Å². The van der Waals surface area contributed by atoms with E-state index in [9.17, 15) is 9.59 Å². The fraction of sp³-hybridized carbons (Fsp3) is 0.344. The number of para-hydroxylation sites is 2. The molecule has 0 radical (unpaired) electrons. The van der Waals surface area contributed by atoms with E-state index in [2.05, 4.69) is 33.7 Å². The lowest BCUT2D eigenvalue weighted by Crippen LogP contribution is -2.37. The fourth-order valence-corrected chi connectivity index (χ4v) is 3.93. The number of hydrogen-bond donors (Lipinski definition) is 3. The van der Waals surface area contributed by atoms with Crippen LogP contribution >= 0.6 is 0 Å². The molecule has 0 saturated carbocycles. The van der Waals surface area contributed by atoms with Crippen LogP contribution in [-0.4, -0.2) is 69.1 Å². The van der Waals surface area contributed by atoms with Crippen molar-refractivity contribution in [3.63, 3.8) is 0 Å². The first-order valence-electron chi connectivity index (χ1n) is 13.8. The topological polar surface area (TPSA) is 128 Å². The SMILES string of the molecule is C=CC(=O)Nc1ccccc1N=C(NC(=C)C)/C(=C\C)C(N)=O.COc1cc(OCCCN2CCOCC2)ccc1C. The zero-order valence-corrected chi connectivity index (χ0v) is 25.1. The Morgan fingerprint density at radius 2 is 1.90 bits per heavy atom. The number of ether oxygens (including phenoxy) is 3. The number of nitrogens with zero attached hydrogens (tertiary/aromatic N) is 2. The van der Waals surface area contributed by atoms with E-state index in [1.165, 1.54) is 0 Å². The molecule has 1 heterocycles. The number of primary amides is 1. The van der Waals surface area contributed by atoms with E-state index in [1.54, 1.807) is 51.3 Å². The van der Waals surface area contributed by atoms with Gasteiger partial charge in [0.1, 0.15) is 17.3 Å². The van der Waals surface area contributed by atoms with Gasteiger partial charge in [-0.2, -0.15) is 0 Å². The van der Waals surface area contributed by atoms with Crippen LogP contribution in [0.25, 0.3) is 0 Å². The number of allylic oxidation sites excluding steroid dienone is 2. The summed E-state index contributed by atoms with van der Waals surface area (Å²) in [4.78, 5) is 29.9. The van der Waals surface area contributed by atoms with Gasteiger partial charge in [0.2, 0.25) is 5.91 Å². The molecule has 0 aromatic heterocycles. The van der Waals surface area contributed by atoms with E-state index >= 15 is 0 Å². The van der Waals surface area contributed by atoms with Crippen LogP contribution < -0.4 is 25.8 Å². The third kappa shape index (κ3) is 11.6. The van der Waals surface area contributed by atoms with Crippen LogP contribution in [0.2, 0.25) is 0 Å². The highest BCUT2D eigenvalue weighted by Gasteiger charge is 2.14. The van der Waals surface area contributed by atoms with Crippen molar-refractivity contribution in [2.24, 2.45) is 10.7 Å². The maximum absolute atomic E-state index is 11.6. The number of aryl methyl sites for hydroxylation is 1. The summed E-state index contributed by atoms with van der Waals surface area (Å²) in [7, 11) is 1.69. The Labute approximate surface area is 248 Å². The van der Waals surface area contributed by atoms with Gasteiger partial charge in [0.05, 0.1) is 43.9 Å². The second kappa shape index (κ2) is 18.1. The fourth-order valence-electron chi connectivity index (χ4n) is 3.93. The quantitative estimate of drug-likeness (QED) is 0.147. The van der Waals surface area contributed by atoms with Gasteiger partial charge in [-0.3, -0.25) is 14.5 Å². The summed E-state index contributed by atoms with van der Waals surface area (Å²) < 4.78 is 16.4. The van der Waals surface area contributed by atoms with E-state index in [0.29, 0.717) is 17.1 Å². The Hall–Kier alpha value is -4.41. The van der Waals surface area contributed by atoms with Crippen molar-refractivity contribution in [2.75, 3.05) is 51.9 Å². The Bertz CT molecular complexity index is 1280. The molecule has 0 bridgehead atoms. The number of morpholine rings is 1. The number of anilines is 1. The summed E-state index contributed by atoms with van der Waals surface area (Å²) in [6.45, 7) is 18.2. The summed E-state index contributed by atoms with van der Waals surface area (Å²) in [6.07, 6.45) is 3.76. The van der Waals surface area contributed by atoms with Gasteiger partial charge in [-0.05, 0) is 57.0 Å². The molecule has 2 amide bonds. The van der Waals surface area contributed by atoms with Gasteiger partial charge >= 0.3 is 0 Å². The average molecular weight is 578 g/mol. The summed E-state index contributed by atoms with van der Waals surface area (Å²) in [5.41, 5.74) is 8.27. The molecule has 1 saturated heterocycles. The summed E-state index contributed by atoms with van der Waals surface area (Å²) in [5, 5.41) is 5.56. The number of carbonyl (C=O) groups is 2. The summed E-state index contributed by atoms with van der Waals surface area (Å²) in [6, 6.07) is 12.9. The number of amides is 2. The zero-order chi connectivity index (χ0) is 30.9. The van der Waals surface area contributed by atoms with Crippen LogP contribution in [0.15, 0.2) is 84.0 Å². The van der Waals surface area contributed by atoms with Crippen molar-refractivity contribution in [1.82, 2.24) is 10.2 Å². The van der Waals surface area contributed by atoms with E-state index in [1.807, 2.05) is 25.1 Å². The van der Waals surface area contributed by atoms with Gasteiger partial charge in [0.15, 0.2) is 0 Å². The van der Waals surface area contributed by atoms with Crippen LogP contribution in [0, 0.1) is 6.92 Å². The molecule has 1 aliphatic heterocycles. The zero-order valence-electron chi connectivity index (χ0n) is 25.1. The van der Waals surface area contributed by atoms with Crippen LogP contribution in [0.4, 0.5) is 11.4 Å². The Kier molecular flexibility index (Phi) is 14.6. The number of hydrogen-bond acceptors (Lipinski definition) is 7. The molecule has 10 nitrogen and oxygen atoms in total. The first-order valence-corrected chi connectivity index (χ1v) is 13.8. The lowest BCUT2D eigenvalue weighted by atomic mass is 10.2. The lowest BCUT2D eigenvalue weighted by molar-refractivity contribution is -0.114. The molecule has 0 unspecified atom stereocenters. The smallest absolute Gasteiger partial charge is 0.252 e. The monoisotopic (exact) mass is 577 g/mol. The molecule has 4 N–H and O–H groups in total.